The monoisotopic (exact) mass is 369 g/mol. The van der Waals surface area contributed by atoms with Crippen molar-refractivity contribution in [1.82, 2.24) is 0 Å². The minimum atomic E-state index is -1.22. The molecule has 2 aliphatic heterocycles. The maximum atomic E-state index is 9.98. The molecule has 0 aromatic rings. The highest BCUT2D eigenvalue weighted by Gasteiger charge is 2.42. The van der Waals surface area contributed by atoms with Gasteiger partial charge in [0.1, 0.15) is 24.4 Å². The molecule has 1 amide bonds. The molecule has 0 aliphatic carbocycles. The van der Waals surface area contributed by atoms with Gasteiger partial charge in [0, 0.05) is 19.8 Å². The van der Waals surface area contributed by atoms with Crippen LogP contribution < -0.4 is 5.73 Å². The van der Waals surface area contributed by atoms with Gasteiger partial charge in [-0.3, -0.25) is 4.79 Å². The van der Waals surface area contributed by atoms with Gasteiger partial charge in [0.05, 0.1) is 25.4 Å². The number of hydrogen-bond acceptors (Lipinski definition) is 10. The molecule has 0 aromatic carbocycles. The third-order valence-corrected chi connectivity index (χ3v) is 3.75. The first kappa shape index (κ1) is 22.2. The van der Waals surface area contributed by atoms with E-state index >= 15 is 0 Å². The topological polar surface area (TPSA) is 192 Å². The lowest BCUT2D eigenvalue weighted by Crippen LogP contribution is -2.55. The molecule has 148 valence electrons. The van der Waals surface area contributed by atoms with Gasteiger partial charge < -0.3 is 50.6 Å². The molecule has 8 atom stereocenters. The molecule has 2 heterocycles. The van der Waals surface area contributed by atoms with E-state index in [2.05, 4.69) is 5.73 Å². The maximum absolute atomic E-state index is 9.98. The number of carbonyl (C=O) groups is 1. The summed E-state index contributed by atoms with van der Waals surface area (Å²) < 4.78 is 15.7. The highest BCUT2D eigenvalue weighted by molar-refractivity contribution is 5.70. The Labute approximate surface area is 144 Å². The maximum Gasteiger partial charge on any atom is 0.214 e. The molecule has 11 nitrogen and oxygen atoms in total. The second kappa shape index (κ2) is 10.3. The van der Waals surface area contributed by atoms with Crippen molar-refractivity contribution >= 4 is 5.91 Å². The quantitative estimate of drug-likeness (QED) is 0.258. The van der Waals surface area contributed by atoms with Gasteiger partial charge >= 0.3 is 0 Å². The van der Waals surface area contributed by atoms with E-state index in [-0.39, 0.29) is 18.7 Å². The highest BCUT2D eigenvalue weighted by Crippen LogP contribution is 2.27. The molecule has 0 bridgehead atoms. The van der Waals surface area contributed by atoms with Crippen LogP contribution in [0.3, 0.4) is 0 Å². The normalized spacial score (nSPS) is 41.6. The van der Waals surface area contributed by atoms with Crippen molar-refractivity contribution < 1.29 is 49.6 Å². The van der Waals surface area contributed by atoms with Crippen LogP contribution in [-0.4, -0.2) is 99.0 Å². The number of primary amides is 1. The Kier molecular flexibility index (Phi) is 9.13. The molecule has 6 unspecified atom stereocenters. The summed E-state index contributed by atoms with van der Waals surface area (Å²) in [5.41, 5.74) is 4.47. The van der Waals surface area contributed by atoms with Gasteiger partial charge in [-0.15, -0.1) is 0 Å². The van der Waals surface area contributed by atoms with Crippen molar-refractivity contribution in [2.45, 2.75) is 69.0 Å². The number of carbonyl (C=O) groups excluding carboxylic acids is 1. The minimum Gasteiger partial charge on any atom is -0.394 e. The van der Waals surface area contributed by atoms with Crippen molar-refractivity contribution in [3.8, 4) is 0 Å². The van der Waals surface area contributed by atoms with E-state index in [1.807, 2.05) is 0 Å². The Morgan fingerprint density at radius 3 is 2.08 bits per heavy atom. The zero-order valence-corrected chi connectivity index (χ0v) is 13.8. The summed E-state index contributed by atoms with van der Waals surface area (Å²) in [5, 5.41) is 57.0. The molecule has 25 heavy (non-hydrogen) atoms. The van der Waals surface area contributed by atoms with Crippen LogP contribution in [0, 0.1) is 0 Å². The van der Waals surface area contributed by atoms with Crippen LogP contribution in [0.25, 0.3) is 0 Å². The van der Waals surface area contributed by atoms with Gasteiger partial charge in [-0.05, 0) is 0 Å². The van der Waals surface area contributed by atoms with Gasteiger partial charge in [0.2, 0.25) is 5.91 Å². The molecular formula is C14H27NO10. The third-order valence-electron chi connectivity index (χ3n) is 3.75. The highest BCUT2D eigenvalue weighted by atomic mass is 16.7. The SMILES string of the molecule is CC(N)=O.OCC1OC(OC2C[C@@H](O)OC(CO)[C@H]2O)CC(O)C1O. The smallest absolute Gasteiger partial charge is 0.214 e. The fraction of sp³-hybridized carbons (Fsp3) is 0.929. The Morgan fingerprint density at radius 1 is 1.04 bits per heavy atom. The van der Waals surface area contributed by atoms with Crippen LogP contribution in [-0.2, 0) is 19.0 Å². The van der Waals surface area contributed by atoms with Crippen LogP contribution in [0.15, 0.2) is 0 Å². The number of aliphatic hydroxyl groups excluding tert-OH is 6. The molecule has 0 spiro atoms. The fourth-order valence-corrected chi connectivity index (χ4v) is 2.55. The van der Waals surface area contributed by atoms with Gasteiger partial charge in [0.25, 0.3) is 0 Å². The van der Waals surface area contributed by atoms with E-state index in [0.717, 1.165) is 0 Å². The summed E-state index contributed by atoms with van der Waals surface area (Å²) in [6.07, 6.45) is -8.56. The van der Waals surface area contributed by atoms with E-state index in [1.165, 1.54) is 6.92 Å². The molecule has 0 radical (unpaired) electrons. The second-order valence-corrected chi connectivity index (χ2v) is 5.90. The molecule has 11 heteroatoms. The summed E-state index contributed by atoms with van der Waals surface area (Å²) >= 11 is 0. The summed E-state index contributed by atoms with van der Waals surface area (Å²) in [7, 11) is 0. The van der Waals surface area contributed by atoms with E-state index < -0.39 is 62.4 Å². The zero-order valence-electron chi connectivity index (χ0n) is 13.8. The van der Waals surface area contributed by atoms with Crippen LogP contribution >= 0.6 is 0 Å². The first-order valence-electron chi connectivity index (χ1n) is 7.86. The molecule has 0 aromatic heterocycles. The molecular weight excluding hydrogens is 342 g/mol. The fourth-order valence-electron chi connectivity index (χ4n) is 2.55. The summed E-state index contributed by atoms with van der Waals surface area (Å²) in [6.45, 7) is 0.334. The lowest BCUT2D eigenvalue weighted by molar-refractivity contribution is -0.309. The third kappa shape index (κ3) is 6.73. The van der Waals surface area contributed by atoms with Crippen molar-refractivity contribution in [3.05, 3.63) is 0 Å². The van der Waals surface area contributed by atoms with Crippen molar-refractivity contribution in [3.63, 3.8) is 0 Å². The van der Waals surface area contributed by atoms with Crippen molar-refractivity contribution in [2.24, 2.45) is 5.73 Å². The average Bonchev–Trinajstić information content (AvgIpc) is 2.53. The van der Waals surface area contributed by atoms with E-state index in [0.29, 0.717) is 0 Å². The van der Waals surface area contributed by atoms with Crippen molar-refractivity contribution in [1.29, 1.82) is 0 Å². The summed E-state index contributed by atoms with van der Waals surface area (Å²) in [4.78, 5) is 9.22. The summed E-state index contributed by atoms with van der Waals surface area (Å²) in [6, 6.07) is 0. The van der Waals surface area contributed by atoms with Crippen molar-refractivity contribution in [2.75, 3.05) is 13.2 Å². The largest absolute Gasteiger partial charge is 0.394 e. The Bertz CT molecular complexity index is 407. The van der Waals surface area contributed by atoms with Gasteiger partial charge in [0.15, 0.2) is 12.6 Å². The van der Waals surface area contributed by atoms with Crippen LogP contribution in [0.2, 0.25) is 0 Å². The van der Waals surface area contributed by atoms with E-state index in [1.54, 1.807) is 0 Å². The molecule has 8 N–H and O–H groups in total. The molecule has 2 fully saturated rings. The first-order valence-corrected chi connectivity index (χ1v) is 7.86. The van der Waals surface area contributed by atoms with E-state index in [4.69, 9.17) is 24.4 Å². The van der Waals surface area contributed by atoms with Crippen LogP contribution in [0.1, 0.15) is 19.8 Å². The minimum absolute atomic E-state index is 0.0278. The Balaban J connectivity index is 0.000000705. The molecule has 2 rings (SSSR count). The predicted molar refractivity (Wildman–Crippen MR) is 80.7 cm³/mol. The van der Waals surface area contributed by atoms with E-state index in [9.17, 15) is 25.2 Å². The predicted octanol–water partition coefficient (Wildman–Crippen LogP) is -3.85. The van der Waals surface area contributed by atoms with Gasteiger partial charge in [-0.1, -0.05) is 0 Å². The van der Waals surface area contributed by atoms with Crippen LogP contribution in [0.5, 0.6) is 0 Å². The average molecular weight is 369 g/mol. The van der Waals surface area contributed by atoms with Gasteiger partial charge in [-0.2, -0.15) is 0 Å². The number of hydrogen-bond donors (Lipinski definition) is 7. The lowest BCUT2D eigenvalue weighted by Gasteiger charge is -2.41. The Hall–Kier alpha value is -0.890. The number of rotatable bonds is 4. The standard InChI is InChI=1S/C12H22O9.C2H5NO/c13-3-7-11(17)5(15)1-10(21-7)20-6-2-9(16)19-8(4-14)12(6)18;1-2(3)4/h5-18H,1-4H2;1H3,(H2,3,4)/t5?,6?,7?,8?,9-,10?,11?,12-;/m0./s1. The number of aliphatic hydroxyl groups is 6. The van der Waals surface area contributed by atoms with Gasteiger partial charge in [-0.25, -0.2) is 0 Å². The summed E-state index contributed by atoms with van der Waals surface area (Å²) in [5.74, 6) is -0.333. The number of amides is 1. The number of ether oxygens (including phenoxy) is 3. The Morgan fingerprint density at radius 2 is 1.56 bits per heavy atom. The lowest BCUT2D eigenvalue weighted by atomic mass is 10.00. The molecule has 0 saturated carbocycles. The van der Waals surface area contributed by atoms with Crippen LogP contribution in [0.4, 0.5) is 0 Å². The molecule has 2 aliphatic rings. The molecule has 2 saturated heterocycles. The second-order valence-electron chi connectivity index (χ2n) is 5.90. The number of nitrogens with two attached hydrogens (primary N) is 1. The first-order chi connectivity index (χ1) is 11.7. The zero-order chi connectivity index (χ0) is 19.1.